The van der Waals surface area contributed by atoms with Crippen LogP contribution < -0.4 is 15.6 Å². The van der Waals surface area contributed by atoms with Gasteiger partial charge in [0, 0.05) is 6.08 Å². The number of ether oxygens (including phenoxy) is 1. The van der Waals surface area contributed by atoms with E-state index >= 15 is 0 Å². The van der Waals surface area contributed by atoms with Crippen LogP contribution in [0.25, 0.3) is 6.08 Å². The minimum atomic E-state index is -0.440. The largest absolute Gasteiger partial charge is 0.484 e. The minimum Gasteiger partial charge on any atom is -0.484 e. The van der Waals surface area contributed by atoms with Gasteiger partial charge in [-0.25, -0.2) is 0 Å². The molecule has 0 aromatic heterocycles. The van der Waals surface area contributed by atoms with Crippen LogP contribution in [0.4, 0.5) is 0 Å². The average molecular weight is 296 g/mol. The quantitative estimate of drug-likeness (QED) is 0.654. The smallest absolute Gasteiger partial charge is 0.276 e. The summed E-state index contributed by atoms with van der Waals surface area (Å²) in [6.45, 7) is -0.174. The maximum Gasteiger partial charge on any atom is 0.276 e. The van der Waals surface area contributed by atoms with Gasteiger partial charge < -0.3 is 4.74 Å². The third kappa shape index (κ3) is 5.50. The van der Waals surface area contributed by atoms with E-state index in [0.29, 0.717) is 5.75 Å². The summed E-state index contributed by atoms with van der Waals surface area (Å²) in [7, 11) is 0. The standard InChI is InChI=1S/C17H16N2O3/c20-16(12-11-14-7-3-1-4-8-14)18-19-17(21)13-22-15-9-5-2-6-10-15/h1-12H,13H2,(H,18,20)(H,19,21)/b12-11-. The molecular weight excluding hydrogens is 280 g/mol. The molecular formula is C17H16N2O3. The molecule has 22 heavy (non-hydrogen) atoms. The van der Waals surface area contributed by atoms with E-state index in [0.717, 1.165) is 5.56 Å². The van der Waals surface area contributed by atoms with Crippen LogP contribution in [0, 0.1) is 0 Å². The zero-order chi connectivity index (χ0) is 15.6. The number of carbonyl (C=O) groups excluding carboxylic acids is 2. The molecule has 5 heteroatoms. The molecule has 2 rings (SSSR count). The third-order valence-corrected chi connectivity index (χ3v) is 2.66. The fraction of sp³-hybridized carbons (Fsp3) is 0.0588. The number of amides is 2. The summed E-state index contributed by atoms with van der Waals surface area (Å²) in [6.07, 6.45) is 3.00. The van der Waals surface area contributed by atoms with E-state index in [2.05, 4.69) is 10.9 Å². The van der Waals surface area contributed by atoms with Crippen LogP contribution in [0.5, 0.6) is 5.75 Å². The number of hydrogen-bond donors (Lipinski definition) is 2. The zero-order valence-corrected chi connectivity index (χ0v) is 11.9. The SMILES string of the molecule is O=C(/C=C\c1ccccc1)NNC(=O)COc1ccccc1. The Morgan fingerprint density at radius 3 is 2.23 bits per heavy atom. The first-order valence-electron chi connectivity index (χ1n) is 6.74. The van der Waals surface area contributed by atoms with Crippen molar-refractivity contribution in [2.24, 2.45) is 0 Å². The molecule has 0 heterocycles. The third-order valence-electron chi connectivity index (χ3n) is 2.66. The van der Waals surface area contributed by atoms with Crippen LogP contribution in [-0.4, -0.2) is 18.4 Å². The van der Waals surface area contributed by atoms with Gasteiger partial charge in [-0.05, 0) is 23.8 Å². The molecule has 0 spiro atoms. The lowest BCUT2D eigenvalue weighted by atomic mass is 10.2. The van der Waals surface area contributed by atoms with Gasteiger partial charge in [-0.15, -0.1) is 0 Å². The zero-order valence-electron chi connectivity index (χ0n) is 11.9. The highest BCUT2D eigenvalue weighted by atomic mass is 16.5. The van der Waals surface area contributed by atoms with Crippen molar-refractivity contribution in [3.63, 3.8) is 0 Å². The van der Waals surface area contributed by atoms with Gasteiger partial charge in [0.15, 0.2) is 6.61 Å². The lowest BCUT2D eigenvalue weighted by Gasteiger charge is -2.07. The van der Waals surface area contributed by atoms with Crippen LogP contribution >= 0.6 is 0 Å². The van der Waals surface area contributed by atoms with Crippen molar-refractivity contribution in [2.45, 2.75) is 0 Å². The molecule has 2 aromatic carbocycles. The van der Waals surface area contributed by atoms with E-state index in [9.17, 15) is 9.59 Å². The Hall–Kier alpha value is -3.08. The molecule has 0 unspecified atom stereocenters. The average Bonchev–Trinajstić information content (AvgIpc) is 2.58. The van der Waals surface area contributed by atoms with Crippen molar-refractivity contribution in [3.05, 3.63) is 72.3 Å². The maximum absolute atomic E-state index is 11.5. The van der Waals surface area contributed by atoms with Gasteiger partial charge in [-0.2, -0.15) is 0 Å². The first-order chi connectivity index (χ1) is 10.7. The van der Waals surface area contributed by atoms with Gasteiger partial charge in [0.05, 0.1) is 0 Å². The Labute approximate surface area is 128 Å². The molecule has 0 fully saturated rings. The number of carbonyl (C=O) groups is 2. The molecule has 2 amide bonds. The lowest BCUT2D eigenvalue weighted by Crippen LogP contribution is -2.43. The summed E-state index contributed by atoms with van der Waals surface area (Å²) in [4.78, 5) is 23.1. The number of para-hydroxylation sites is 1. The molecule has 2 aromatic rings. The first-order valence-corrected chi connectivity index (χ1v) is 6.74. The number of benzene rings is 2. The Kier molecular flexibility index (Phi) is 5.75. The van der Waals surface area contributed by atoms with Crippen molar-refractivity contribution in [2.75, 3.05) is 6.61 Å². The fourth-order valence-corrected chi connectivity index (χ4v) is 1.61. The van der Waals surface area contributed by atoms with Crippen LogP contribution in [0.1, 0.15) is 5.56 Å². The Morgan fingerprint density at radius 1 is 0.909 bits per heavy atom. The van der Waals surface area contributed by atoms with Gasteiger partial charge in [-0.1, -0.05) is 48.5 Å². The molecule has 0 atom stereocenters. The minimum absolute atomic E-state index is 0.174. The van der Waals surface area contributed by atoms with E-state index < -0.39 is 11.8 Å². The second-order valence-electron chi connectivity index (χ2n) is 4.38. The van der Waals surface area contributed by atoms with Crippen LogP contribution in [-0.2, 0) is 9.59 Å². The van der Waals surface area contributed by atoms with Crippen molar-refractivity contribution in [1.82, 2.24) is 10.9 Å². The van der Waals surface area contributed by atoms with Crippen molar-refractivity contribution in [3.8, 4) is 5.75 Å². The highest BCUT2D eigenvalue weighted by Gasteiger charge is 2.03. The lowest BCUT2D eigenvalue weighted by molar-refractivity contribution is -0.128. The molecule has 112 valence electrons. The predicted octanol–water partition coefficient (Wildman–Crippen LogP) is 1.93. The molecule has 0 saturated carbocycles. The molecule has 5 nitrogen and oxygen atoms in total. The van der Waals surface area contributed by atoms with Crippen molar-refractivity contribution < 1.29 is 14.3 Å². The summed E-state index contributed by atoms with van der Waals surface area (Å²) >= 11 is 0. The molecule has 0 saturated heterocycles. The van der Waals surface area contributed by atoms with Crippen LogP contribution in [0.3, 0.4) is 0 Å². The number of hydrogen-bond acceptors (Lipinski definition) is 3. The van der Waals surface area contributed by atoms with Gasteiger partial charge in [0.2, 0.25) is 0 Å². The molecule has 2 N–H and O–H groups in total. The van der Waals surface area contributed by atoms with E-state index in [-0.39, 0.29) is 6.61 Å². The molecule has 0 aliphatic heterocycles. The van der Waals surface area contributed by atoms with E-state index in [4.69, 9.17) is 4.74 Å². The summed E-state index contributed by atoms with van der Waals surface area (Å²) in [5.41, 5.74) is 5.46. The van der Waals surface area contributed by atoms with Gasteiger partial charge in [0.25, 0.3) is 11.8 Å². The summed E-state index contributed by atoms with van der Waals surface area (Å²) in [5.74, 6) is -0.268. The van der Waals surface area contributed by atoms with Crippen LogP contribution in [0.15, 0.2) is 66.7 Å². The second-order valence-corrected chi connectivity index (χ2v) is 4.38. The maximum atomic E-state index is 11.5. The topological polar surface area (TPSA) is 67.4 Å². The Morgan fingerprint density at radius 2 is 1.55 bits per heavy atom. The molecule has 0 aliphatic rings. The monoisotopic (exact) mass is 296 g/mol. The highest BCUT2D eigenvalue weighted by molar-refractivity contribution is 5.93. The predicted molar refractivity (Wildman–Crippen MR) is 83.7 cm³/mol. The van der Waals surface area contributed by atoms with E-state index in [1.165, 1.54) is 6.08 Å². The van der Waals surface area contributed by atoms with Gasteiger partial charge in [0.1, 0.15) is 5.75 Å². The van der Waals surface area contributed by atoms with Crippen LogP contribution in [0.2, 0.25) is 0 Å². The first kappa shape index (κ1) is 15.3. The highest BCUT2D eigenvalue weighted by Crippen LogP contribution is 2.07. The molecule has 0 aliphatic carbocycles. The Bertz CT molecular complexity index is 639. The second kappa shape index (κ2) is 8.26. The number of rotatable bonds is 5. The van der Waals surface area contributed by atoms with Crippen molar-refractivity contribution in [1.29, 1.82) is 0 Å². The summed E-state index contributed by atoms with van der Waals surface area (Å²) in [5, 5.41) is 0. The molecule has 0 bridgehead atoms. The van der Waals surface area contributed by atoms with Gasteiger partial charge >= 0.3 is 0 Å². The number of nitrogens with one attached hydrogen (secondary N) is 2. The van der Waals surface area contributed by atoms with Gasteiger partial charge in [-0.3, -0.25) is 20.4 Å². The number of hydrazine groups is 1. The molecule has 0 radical (unpaired) electrons. The summed E-state index contributed by atoms with van der Waals surface area (Å²) < 4.78 is 5.25. The van der Waals surface area contributed by atoms with E-state index in [1.807, 2.05) is 48.5 Å². The summed E-state index contributed by atoms with van der Waals surface area (Å²) in [6, 6.07) is 18.3. The fourth-order valence-electron chi connectivity index (χ4n) is 1.61. The Balaban J connectivity index is 1.69. The van der Waals surface area contributed by atoms with Crippen molar-refractivity contribution >= 4 is 17.9 Å². The normalized spacial score (nSPS) is 10.2. The van der Waals surface area contributed by atoms with E-state index in [1.54, 1.807) is 18.2 Å².